The van der Waals surface area contributed by atoms with Crippen LogP contribution in [0, 0.1) is 11.6 Å². The molecular weight excluding hydrogens is 428 g/mol. The van der Waals surface area contributed by atoms with Crippen molar-refractivity contribution in [2.45, 2.75) is 37.6 Å². The average molecular weight is 450 g/mol. The fourth-order valence-electron chi connectivity index (χ4n) is 3.49. The van der Waals surface area contributed by atoms with Gasteiger partial charge in [0.25, 0.3) is 10.0 Å². The summed E-state index contributed by atoms with van der Waals surface area (Å²) >= 11 is 5.90. The number of aryl methyl sites for hydroxylation is 1. The number of sulfonamides is 1. The Bertz CT molecular complexity index is 1130. The minimum absolute atomic E-state index is 0.0598. The monoisotopic (exact) mass is 449 g/mol. The third kappa shape index (κ3) is 4.50. The van der Waals surface area contributed by atoms with E-state index < -0.39 is 27.7 Å². The van der Waals surface area contributed by atoms with Crippen molar-refractivity contribution in [2.75, 3.05) is 4.31 Å². The molecule has 0 saturated heterocycles. The third-order valence-corrected chi connectivity index (χ3v) is 7.04. The van der Waals surface area contributed by atoms with Crippen LogP contribution in [0.5, 0.6) is 0 Å². The maximum atomic E-state index is 14.8. The molecule has 3 nitrogen and oxygen atoms in total. The quantitative estimate of drug-likeness (QED) is 0.411. The zero-order valence-corrected chi connectivity index (χ0v) is 18.2. The van der Waals surface area contributed by atoms with Crippen LogP contribution in [0.15, 0.2) is 71.6 Å². The standard InChI is InChI=1S/C23H22ClF2NO2S/c1-3-6-17-7-4-5-8-21(17)16(2)27(23-15-19(25)11-14-22(23)26)30(28,29)20-12-9-18(24)10-13-20/h4-5,7-16H,3,6H2,1-2H3. The minimum Gasteiger partial charge on any atom is -0.256 e. The lowest BCUT2D eigenvalue weighted by atomic mass is 9.98. The van der Waals surface area contributed by atoms with E-state index in [1.54, 1.807) is 13.0 Å². The van der Waals surface area contributed by atoms with Gasteiger partial charge >= 0.3 is 0 Å². The number of benzene rings is 3. The molecule has 30 heavy (non-hydrogen) atoms. The number of rotatable bonds is 7. The number of nitrogens with zero attached hydrogens (tertiary/aromatic N) is 1. The van der Waals surface area contributed by atoms with Crippen LogP contribution in [-0.4, -0.2) is 8.42 Å². The van der Waals surface area contributed by atoms with Crippen molar-refractivity contribution in [3.63, 3.8) is 0 Å². The Balaban J connectivity index is 2.23. The molecule has 0 bridgehead atoms. The Morgan fingerprint density at radius 1 is 1.00 bits per heavy atom. The summed E-state index contributed by atoms with van der Waals surface area (Å²) < 4.78 is 56.9. The van der Waals surface area contributed by atoms with Gasteiger partial charge in [-0.3, -0.25) is 4.31 Å². The van der Waals surface area contributed by atoms with E-state index in [4.69, 9.17) is 11.6 Å². The van der Waals surface area contributed by atoms with Gasteiger partial charge in [-0.1, -0.05) is 49.2 Å². The van der Waals surface area contributed by atoms with Crippen LogP contribution in [0.1, 0.15) is 37.4 Å². The van der Waals surface area contributed by atoms with E-state index in [0.29, 0.717) is 5.02 Å². The van der Waals surface area contributed by atoms with Gasteiger partial charge in [-0.15, -0.1) is 0 Å². The highest BCUT2D eigenvalue weighted by Crippen LogP contribution is 2.36. The maximum absolute atomic E-state index is 14.8. The Morgan fingerprint density at radius 3 is 2.33 bits per heavy atom. The van der Waals surface area contributed by atoms with Crippen molar-refractivity contribution in [2.24, 2.45) is 0 Å². The van der Waals surface area contributed by atoms with Crippen LogP contribution in [0.25, 0.3) is 0 Å². The van der Waals surface area contributed by atoms with Gasteiger partial charge in [0.15, 0.2) is 0 Å². The van der Waals surface area contributed by atoms with E-state index in [9.17, 15) is 17.2 Å². The first-order valence-corrected chi connectivity index (χ1v) is 11.4. The zero-order valence-electron chi connectivity index (χ0n) is 16.6. The Labute approximate surface area is 181 Å². The summed E-state index contributed by atoms with van der Waals surface area (Å²) in [5.41, 5.74) is 1.35. The van der Waals surface area contributed by atoms with Crippen molar-refractivity contribution in [3.8, 4) is 0 Å². The van der Waals surface area contributed by atoms with E-state index in [1.807, 2.05) is 25.1 Å². The van der Waals surface area contributed by atoms with Gasteiger partial charge in [0.05, 0.1) is 16.6 Å². The molecule has 0 aliphatic carbocycles. The highest BCUT2D eigenvalue weighted by atomic mass is 35.5. The largest absolute Gasteiger partial charge is 0.264 e. The van der Waals surface area contributed by atoms with E-state index in [0.717, 1.165) is 46.5 Å². The van der Waals surface area contributed by atoms with Crippen molar-refractivity contribution in [1.29, 1.82) is 0 Å². The SMILES string of the molecule is CCCc1ccccc1C(C)N(c1cc(F)ccc1F)S(=O)(=O)c1ccc(Cl)cc1. The van der Waals surface area contributed by atoms with Crippen LogP contribution < -0.4 is 4.31 Å². The molecule has 0 amide bonds. The molecule has 0 fully saturated rings. The molecule has 0 heterocycles. The fraction of sp³-hybridized carbons (Fsp3) is 0.217. The molecule has 0 aliphatic rings. The van der Waals surface area contributed by atoms with Crippen LogP contribution in [0.3, 0.4) is 0 Å². The van der Waals surface area contributed by atoms with E-state index in [2.05, 4.69) is 0 Å². The smallest absolute Gasteiger partial charge is 0.256 e. The van der Waals surface area contributed by atoms with Crippen LogP contribution in [0.4, 0.5) is 14.5 Å². The minimum atomic E-state index is -4.22. The molecule has 0 spiro atoms. The summed E-state index contributed by atoms with van der Waals surface area (Å²) in [4.78, 5) is -0.0598. The first-order valence-electron chi connectivity index (χ1n) is 9.58. The lowest BCUT2D eigenvalue weighted by Crippen LogP contribution is -2.35. The van der Waals surface area contributed by atoms with Crippen LogP contribution >= 0.6 is 11.6 Å². The van der Waals surface area contributed by atoms with Gasteiger partial charge in [-0.05, 0) is 60.9 Å². The summed E-state index contributed by atoms with van der Waals surface area (Å²) in [5.74, 6) is -1.55. The maximum Gasteiger partial charge on any atom is 0.264 e. The molecule has 3 rings (SSSR count). The molecule has 1 atom stereocenters. The number of hydrogen-bond donors (Lipinski definition) is 0. The number of halogens is 3. The summed E-state index contributed by atoms with van der Waals surface area (Å²) in [7, 11) is -4.22. The van der Waals surface area contributed by atoms with Gasteiger partial charge in [0, 0.05) is 11.1 Å². The van der Waals surface area contributed by atoms with Crippen molar-refractivity contribution in [1.82, 2.24) is 0 Å². The van der Waals surface area contributed by atoms with E-state index >= 15 is 0 Å². The summed E-state index contributed by atoms with van der Waals surface area (Å²) in [6.45, 7) is 3.70. The second-order valence-corrected chi connectivity index (χ2v) is 9.23. The number of hydrogen-bond acceptors (Lipinski definition) is 2. The molecule has 7 heteroatoms. The molecule has 3 aromatic rings. The summed E-state index contributed by atoms with van der Waals surface area (Å²) in [6.07, 6.45) is 1.60. The predicted molar refractivity (Wildman–Crippen MR) is 116 cm³/mol. The lowest BCUT2D eigenvalue weighted by Gasteiger charge is -2.32. The van der Waals surface area contributed by atoms with E-state index in [-0.39, 0.29) is 10.6 Å². The topological polar surface area (TPSA) is 37.4 Å². The lowest BCUT2D eigenvalue weighted by molar-refractivity contribution is 0.570. The molecular formula is C23H22ClF2NO2S. The van der Waals surface area contributed by atoms with Crippen LogP contribution in [0.2, 0.25) is 5.02 Å². The highest BCUT2D eigenvalue weighted by Gasteiger charge is 2.33. The zero-order chi connectivity index (χ0) is 21.9. The molecule has 158 valence electrons. The molecule has 0 aliphatic heterocycles. The Hall–Kier alpha value is -2.44. The molecule has 0 saturated carbocycles. The second kappa shape index (κ2) is 9.14. The van der Waals surface area contributed by atoms with Crippen molar-refractivity contribution >= 4 is 27.3 Å². The molecule has 0 aromatic heterocycles. The number of anilines is 1. The van der Waals surface area contributed by atoms with Crippen molar-refractivity contribution in [3.05, 3.63) is 94.5 Å². The second-order valence-electron chi connectivity index (χ2n) is 6.98. The van der Waals surface area contributed by atoms with Gasteiger partial charge in [0.1, 0.15) is 11.6 Å². The van der Waals surface area contributed by atoms with Gasteiger partial charge in [-0.2, -0.15) is 0 Å². The van der Waals surface area contributed by atoms with Gasteiger partial charge in [-0.25, -0.2) is 17.2 Å². The molecule has 0 radical (unpaired) electrons. The third-order valence-electron chi connectivity index (χ3n) is 4.89. The van der Waals surface area contributed by atoms with Crippen LogP contribution in [-0.2, 0) is 16.4 Å². The molecule has 1 unspecified atom stereocenters. The average Bonchev–Trinajstić information content (AvgIpc) is 2.71. The van der Waals surface area contributed by atoms with Gasteiger partial charge < -0.3 is 0 Å². The van der Waals surface area contributed by atoms with E-state index in [1.165, 1.54) is 24.3 Å². The summed E-state index contributed by atoms with van der Waals surface area (Å²) in [6, 6.07) is 15.0. The fourth-order valence-corrected chi connectivity index (χ4v) is 5.25. The normalized spacial score (nSPS) is 12.6. The molecule has 3 aromatic carbocycles. The van der Waals surface area contributed by atoms with Gasteiger partial charge in [0.2, 0.25) is 0 Å². The Kier molecular flexibility index (Phi) is 6.78. The summed E-state index contributed by atoms with van der Waals surface area (Å²) in [5, 5.41) is 0.374. The predicted octanol–water partition coefficient (Wildman–Crippen LogP) is 6.53. The Morgan fingerprint density at radius 2 is 1.67 bits per heavy atom. The molecule has 0 N–H and O–H groups in total. The first kappa shape index (κ1) is 22.2. The first-order chi connectivity index (χ1) is 14.3. The highest BCUT2D eigenvalue weighted by molar-refractivity contribution is 7.92. The van der Waals surface area contributed by atoms with Crippen molar-refractivity contribution < 1.29 is 17.2 Å².